The normalized spacial score (nSPS) is 10.5. The Balaban J connectivity index is 2.47. The molecular formula is C17H23N3O2. The molecule has 0 saturated carbocycles. The summed E-state index contributed by atoms with van der Waals surface area (Å²) in [6, 6.07) is 7.66. The summed E-state index contributed by atoms with van der Waals surface area (Å²) >= 11 is 0. The largest absolute Gasteiger partial charge is 0.497 e. The quantitative estimate of drug-likeness (QED) is 0.892. The first-order valence-corrected chi connectivity index (χ1v) is 7.63. The fourth-order valence-electron chi connectivity index (χ4n) is 2.49. The molecule has 2 aromatic rings. The molecule has 5 nitrogen and oxygen atoms in total. The highest BCUT2D eigenvalue weighted by atomic mass is 16.5. The van der Waals surface area contributed by atoms with E-state index in [9.17, 15) is 4.79 Å². The monoisotopic (exact) mass is 301 g/mol. The van der Waals surface area contributed by atoms with Gasteiger partial charge in [-0.2, -0.15) is 5.10 Å². The molecule has 0 spiro atoms. The van der Waals surface area contributed by atoms with Gasteiger partial charge in [-0.1, -0.05) is 13.3 Å². The van der Waals surface area contributed by atoms with Gasteiger partial charge in [-0.25, -0.2) is 4.68 Å². The number of carbonyl (C=O) groups is 1. The van der Waals surface area contributed by atoms with Crippen molar-refractivity contribution < 1.29 is 9.53 Å². The van der Waals surface area contributed by atoms with Crippen molar-refractivity contribution in [2.75, 3.05) is 13.7 Å². The van der Waals surface area contributed by atoms with E-state index in [1.807, 2.05) is 42.8 Å². The lowest BCUT2D eigenvalue weighted by molar-refractivity contribution is 0.0954. The lowest BCUT2D eigenvalue weighted by Crippen LogP contribution is -2.24. The molecule has 0 atom stereocenters. The Labute approximate surface area is 131 Å². The molecular weight excluding hydrogens is 278 g/mol. The number of ether oxygens (including phenoxy) is 1. The van der Waals surface area contributed by atoms with Gasteiger partial charge in [-0.05, 0) is 44.5 Å². The zero-order valence-electron chi connectivity index (χ0n) is 13.6. The lowest BCUT2D eigenvalue weighted by Gasteiger charge is -2.06. The van der Waals surface area contributed by atoms with Crippen molar-refractivity contribution in [1.82, 2.24) is 15.1 Å². The molecule has 1 amide bonds. The second-order valence-corrected chi connectivity index (χ2v) is 5.13. The number of nitrogens with zero attached hydrogens (tertiary/aromatic N) is 2. The number of rotatable bonds is 6. The van der Waals surface area contributed by atoms with Gasteiger partial charge in [-0.15, -0.1) is 0 Å². The smallest absolute Gasteiger partial charge is 0.255 e. The van der Waals surface area contributed by atoms with Crippen molar-refractivity contribution in [2.24, 2.45) is 0 Å². The summed E-state index contributed by atoms with van der Waals surface area (Å²) in [6.45, 7) is 6.54. The van der Waals surface area contributed by atoms with Gasteiger partial charge in [0.05, 0.1) is 29.7 Å². The fraction of sp³-hybridized carbons (Fsp3) is 0.412. The standard InChI is InChI=1S/C17H23N3O2/c1-5-7-15-16(17(21)18-6-2)12(3)20(19-15)13-8-10-14(22-4)11-9-13/h8-11H,5-7H2,1-4H3,(H,18,21). The van der Waals surface area contributed by atoms with E-state index in [2.05, 4.69) is 17.3 Å². The Kier molecular flexibility index (Phi) is 5.20. The summed E-state index contributed by atoms with van der Waals surface area (Å²) < 4.78 is 7.01. The van der Waals surface area contributed by atoms with Crippen molar-refractivity contribution in [2.45, 2.75) is 33.6 Å². The molecule has 1 aromatic carbocycles. The Bertz CT molecular complexity index is 645. The van der Waals surface area contributed by atoms with Crippen molar-refractivity contribution >= 4 is 5.91 Å². The maximum atomic E-state index is 12.3. The van der Waals surface area contributed by atoms with E-state index in [1.165, 1.54) is 0 Å². The van der Waals surface area contributed by atoms with Crippen LogP contribution >= 0.6 is 0 Å². The van der Waals surface area contributed by atoms with E-state index in [0.29, 0.717) is 12.1 Å². The third kappa shape index (κ3) is 3.13. The van der Waals surface area contributed by atoms with Crippen LogP contribution in [-0.4, -0.2) is 29.3 Å². The molecule has 0 aliphatic rings. The molecule has 1 heterocycles. The third-order valence-corrected chi connectivity index (χ3v) is 3.56. The highest BCUT2D eigenvalue weighted by molar-refractivity contribution is 5.96. The maximum Gasteiger partial charge on any atom is 0.255 e. The minimum absolute atomic E-state index is 0.0526. The van der Waals surface area contributed by atoms with E-state index in [0.717, 1.165) is 35.7 Å². The second kappa shape index (κ2) is 7.11. The number of hydrogen-bond acceptors (Lipinski definition) is 3. The Hall–Kier alpha value is -2.30. The number of methoxy groups -OCH3 is 1. The Morgan fingerprint density at radius 2 is 1.95 bits per heavy atom. The van der Waals surface area contributed by atoms with Crippen LogP contribution in [0.3, 0.4) is 0 Å². The van der Waals surface area contributed by atoms with Gasteiger partial charge in [0, 0.05) is 6.54 Å². The highest BCUT2D eigenvalue weighted by Gasteiger charge is 2.20. The average Bonchev–Trinajstić information content (AvgIpc) is 2.84. The number of nitrogens with one attached hydrogen (secondary N) is 1. The van der Waals surface area contributed by atoms with Crippen molar-refractivity contribution in [3.8, 4) is 11.4 Å². The zero-order chi connectivity index (χ0) is 16.1. The van der Waals surface area contributed by atoms with E-state index < -0.39 is 0 Å². The van der Waals surface area contributed by atoms with Crippen molar-refractivity contribution in [3.05, 3.63) is 41.2 Å². The number of aryl methyl sites for hydroxylation is 1. The minimum atomic E-state index is -0.0526. The van der Waals surface area contributed by atoms with Gasteiger partial charge < -0.3 is 10.1 Å². The molecule has 1 aromatic heterocycles. The van der Waals surface area contributed by atoms with Crippen LogP contribution in [0.4, 0.5) is 0 Å². The van der Waals surface area contributed by atoms with Gasteiger partial charge in [-0.3, -0.25) is 4.79 Å². The van der Waals surface area contributed by atoms with Crippen LogP contribution in [0, 0.1) is 6.92 Å². The topological polar surface area (TPSA) is 56.2 Å². The SMILES string of the molecule is CCCc1nn(-c2ccc(OC)cc2)c(C)c1C(=O)NCC. The van der Waals surface area contributed by atoms with Crippen LogP contribution in [0.1, 0.15) is 42.0 Å². The van der Waals surface area contributed by atoms with Crippen LogP contribution < -0.4 is 10.1 Å². The van der Waals surface area contributed by atoms with Gasteiger partial charge in [0.1, 0.15) is 5.75 Å². The summed E-state index contributed by atoms with van der Waals surface area (Å²) in [5, 5.41) is 7.52. The maximum absolute atomic E-state index is 12.3. The Morgan fingerprint density at radius 3 is 2.50 bits per heavy atom. The van der Waals surface area contributed by atoms with Crippen LogP contribution in [0.2, 0.25) is 0 Å². The summed E-state index contributed by atoms with van der Waals surface area (Å²) in [4.78, 5) is 12.3. The van der Waals surface area contributed by atoms with Gasteiger partial charge in [0.15, 0.2) is 0 Å². The predicted molar refractivity (Wildman–Crippen MR) is 86.9 cm³/mol. The number of benzene rings is 1. The summed E-state index contributed by atoms with van der Waals surface area (Å²) in [5.74, 6) is 0.745. The Morgan fingerprint density at radius 1 is 1.27 bits per heavy atom. The predicted octanol–water partition coefficient (Wildman–Crippen LogP) is 2.89. The molecule has 118 valence electrons. The van der Waals surface area contributed by atoms with Gasteiger partial charge >= 0.3 is 0 Å². The average molecular weight is 301 g/mol. The first-order chi connectivity index (χ1) is 10.6. The summed E-state index contributed by atoms with van der Waals surface area (Å²) in [7, 11) is 1.64. The van der Waals surface area contributed by atoms with Crippen LogP contribution in [0.5, 0.6) is 5.75 Å². The van der Waals surface area contributed by atoms with Crippen molar-refractivity contribution in [3.63, 3.8) is 0 Å². The first kappa shape index (κ1) is 16.1. The molecule has 22 heavy (non-hydrogen) atoms. The second-order valence-electron chi connectivity index (χ2n) is 5.13. The summed E-state index contributed by atoms with van der Waals surface area (Å²) in [6.07, 6.45) is 1.74. The lowest BCUT2D eigenvalue weighted by atomic mass is 10.1. The molecule has 0 radical (unpaired) electrons. The molecule has 2 rings (SSSR count). The van der Waals surface area contributed by atoms with Crippen LogP contribution in [0.25, 0.3) is 5.69 Å². The van der Waals surface area contributed by atoms with E-state index in [1.54, 1.807) is 7.11 Å². The number of aromatic nitrogens is 2. The molecule has 0 fully saturated rings. The number of hydrogen-bond donors (Lipinski definition) is 1. The molecule has 0 saturated heterocycles. The van der Waals surface area contributed by atoms with Gasteiger partial charge in [0.2, 0.25) is 0 Å². The molecule has 0 unspecified atom stereocenters. The van der Waals surface area contributed by atoms with Gasteiger partial charge in [0.25, 0.3) is 5.91 Å². The highest BCUT2D eigenvalue weighted by Crippen LogP contribution is 2.21. The first-order valence-electron chi connectivity index (χ1n) is 7.63. The van der Waals surface area contributed by atoms with E-state index in [4.69, 9.17) is 4.74 Å². The number of amides is 1. The molecule has 0 aliphatic carbocycles. The zero-order valence-corrected chi connectivity index (χ0v) is 13.6. The van der Waals surface area contributed by atoms with Crippen molar-refractivity contribution in [1.29, 1.82) is 0 Å². The molecule has 1 N–H and O–H groups in total. The van der Waals surface area contributed by atoms with E-state index in [-0.39, 0.29) is 5.91 Å². The summed E-state index contributed by atoms with van der Waals surface area (Å²) in [5.41, 5.74) is 3.33. The molecule has 5 heteroatoms. The third-order valence-electron chi connectivity index (χ3n) is 3.56. The van der Waals surface area contributed by atoms with Crippen LogP contribution in [0.15, 0.2) is 24.3 Å². The number of carbonyl (C=O) groups excluding carboxylic acids is 1. The van der Waals surface area contributed by atoms with E-state index >= 15 is 0 Å². The fourth-order valence-corrected chi connectivity index (χ4v) is 2.49. The molecule has 0 bridgehead atoms. The molecule has 0 aliphatic heterocycles. The minimum Gasteiger partial charge on any atom is -0.497 e. The van der Waals surface area contributed by atoms with Crippen LogP contribution in [-0.2, 0) is 6.42 Å².